The van der Waals surface area contributed by atoms with Crippen LogP contribution in [0.4, 0.5) is 5.69 Å². The lowest BCUT2D eigenvalue weighted by Gasteiger charge is -2.16. The molecule has 2 aromatic rings. The van der Waals surface area contributed by atoms with Gasteiger partial charge in [0.15, 0.2) is 17.3 Å². The number of methoxy groups -OCH3 is 2. The number of nitrogens with one attached hydrogen (secondary N) is 1. The Morgan fingerprint density at radius 1 is 1.03 bits per heavy atom. The molecular formula is C23H27NO5. The predicted molar refractivity (Wildman–Crippen MR) is 113 cm³/mol. The highest BCUT2D eigenvalue weighted by Gasteiger charge is 2.18. The molecule has 0 radical (unpaired) electrons. The van der Waals surface area contributed by atoms with E-state index in [-0.39, 0.29) is 12.4 Å². The number of hydrogen-bond acceptors (Lipinski definition) is 6. The quantitative estimate of drug-likeness (QED) is 0.282. The van der Waals surface area contributed by atoms with E-state index in [1.807, 2.05) is 24.3 Å². The summed E-state index contributed by atoms with van der Waals surface area (Å²) in [6.07, 6.45) is 0.903. The molecule has 0 aliphatic heterocycles. The smallest absolute Gasteiger partial charge is 0.333 e. The summed E-state index contributed by atoms with van der Waals surface area (Å²) >= 11 is 0. The number of carbonyl (C=O) groups is 2. The fourth-order valence-corrected chi connectivity index (χ4v) is 2.71. The number of rotatable bonds is 10. The Morgan fingerprint density at radius 2 is 1.66 bits per heavy atom. The fraction of sp³-hybridized carbons (Fsp3) is 0.304. The lowest BCUT2D eigenvalue weighted by atomic mass is 9.99. The van der Waals surface area contributed by atoms with Gasteiger partial charge in [-0.1, -0.05) is 37.8 Å². The largest absolute Gasteiger partial charge is 0.493 e. The van der Waals surface area contributed by atoms with E-state index in [4.69, 9.17) is 14.2 Å². The average Bonchev–Trinajstić information content (AvgIpc) is 2.75. The van der Waals surface area contributed by atoms with Gasteiger partial charge < -0.3 is 19.5 Å². The zero-order chi connectivity index (χ0) is 21.4. The third kappa shape index (κ3) is 5.60. The van der Waals surface area contributed by atoms with Gasteiger partial charge in [0.2, 0.25) is 0 Å². The Morgan fingerprint density at radius 3 is 2.21 bits per heavy atom. The van der Waals surface area contributed by atoms with Gasteiger partial charge in [0.1, 0.15) is 6.61 Å². The van der Waals surface area contributed by atoms with Gasteiger partial charge in [-0.05, 0) is 25.0 Å². The van der Waals surface area contributed by atoms with E-state index in [2.05, 4.69) is 18.8 Å². The molecule has 6 heteroatoms. The Labute approximate surface area is 171 Å². The maximum Gasteiger partial charge on any atom is 0.333 e. The molecule has 6 nitrogen and oxygen atoms in total. The van der Waals surface area contributed by atoms with Crippen LogP contribution in [0.5, 0.6) is 11.5 Å². The summed E-state index contributed by atoms with van der Waals surface area (Å²) in [4.78, 5) is 24.6. The van der Waals surface area contributed by atoms with Crippen molar-refractivity contribution in [2.45, 2.75) is 20.3 Å². The topological polar surface area (TPSA) is 73.9 Å². The maximum absolute atomic E-state index is 13.1. The minimum Gasteiger partial charge on any atom is -0.493 e. The average molecular weight is 397 g/mol. The molecule has 1 N–H and O–H groups in total. The molecule has 29 heavy (non-hydrogen) atoms. The highest BCUT2D eigenvalue weighted by molar-refractivity contribution is 6.12. The molecule has 2 rings (SSSR count). The van der Waals surface area contributed by atoms with Crippen molar-refractivity contribution >= 4 is 17.4 Å². The summed E-state index contributed by atoms with van der Waals surface area (Å²) in [6, 6.07) is 10.9. The monoisotopic (exact) mass is 397 g/mol. The van der Waals surface area contributed by atoms with Gasteiger partial charge in [-0.15, -0.1) is 0 Å². The van der Waals surface area contributed by atoms with Crippen LogP contribution in [-0.4, -0.2) is 39.1 Å². The number of anilines is 1. The number of carbonyl (C=O) groups excluding carboxylic acids is 2. The van der Waals surface area contributed by atoms with Gasteiger partial charge in [-0.2, -0.15) is 0 Å². The van der Waals surface area contributed by atoms with E-state index >= 15 is 0 Å². The van der Waals surface area contributed by atoms with Crippen LogP contribution in [0.15, 0.2) is 48.6 Å². The Bertz CT molecular complexity index is 887. The predicted octanol–water partition coefficient (Wildman–Crippen LogP) is 4.03. The van der Waals surface area contributed by atoms with E-state index in [0.29, 0.717) is 40.4 Å². The molecule has 0 aliphatic rings. The van der Waals surface area contributed by atoms with Gasteiger partial charge >= 0.3 is 5.97 Å². The van der Waals surface area contributed by atoms with Crippen LogP contribution in [0.2, 0.25) is 0 Å². The molecule has 0 saturated carbocycles. The van der Waals surface area contributed by atoms with Gasteiger partial charge in [0.25, 0.3) is 0 Å². The molecule has 154 valence electrons. The van der Waals surface area contributed by atoms with Crippen LogP contribution < -0.4 is 14.8 Å². The highest BCUT2D eigenvalue weighted by Crippen LogP contribution is 2.34. The van der Waals surface area contributed by atoms with Gasteiger partial charge in [-0.25, -0.2) is 4.79 Å². The molecule has 0 saturated heterocycles. The van der Waals surface area contributed by atoms with E-state index in [1.54, 1.807) is 19.1 Å². The summed E-state index contributed by atoms with van der Waals surface area (Å²) in [6.45, 7) is 7.66. The lowest BCUT2D eigenvalue weighted by Crippen LogP contribution is -2.16. The first-order valence-electron chi connectivity index (χ1n) is 9.37. The minimum absolute atomic E-state index is 0.138. The third-order valence-corrected chi connectivity index (χ3v) is 4.39. The molecule has 0 spiro atoms. The number of benzene rings is 2. The molecule has 0 heterocycles. The molecule has 0 bridgehead atoms. The minimum atomic E-state index is -0.452. The summed E-state index contributed by atoms with van der Waals surface area (Å²) in [5, 5.41) is 3.14. The number of ether oxygens (including phenoxy) is 3. The molecule has 0 aromatic heterocycles. The van der Waals surface area contributed by atoms with Crippen molar-refractivity contribution in [3.05, 3.63) is 65.2 Å². The highest BCUT2D eigenvalue weighted by atomic mass is 16.5. The molecule has 0 amide bonds. The van der Waals surface area contributed by atoms with Crippen LogP contribution in [0.3, 0.4) is 0 Å². The van der Waals surface area contributed by atoms with Gasteiger partial charge in [-0.3, -0.25) is 4.79 Å². The van der Waals surface area contributed by atoms with Gasteiger partial charge in [0, 0.05) is 35.0 Å². The van der Waals surface area contributed by atoms with Crippen molar-refractivity contribution in [3.63, 3.8) is 0 Å². The third-order valence-electron chi connectivity index (χ3n) is 4.39. The molecule has 0 fully saturated rings. The number of esters is 1. The Hall–Kier alpha value is -3.28. The lowest BCUT2D eigenvalue weighted by molar-refractivity contribution is -0.138. The van der Waals surface area contributed by atoms with E-state index in [9.17, 15) is 9.59 Å². The van der Waals surface area contributed by atoms with E-state index in [0.717, 1.165) is 12.0 Å². The first-order valence-corrected chi connectivity index (χ1v) is 9.37. The molecule has 0 aliphatic carbocycles. The van der Waals surface area contributed by atoms with Crippen LogP contribution in [0.25, 0.3) is 0 Å². The first kappa shape index (κ1) is 22.0. The van der Waals surface area contributed by atoms with Crippen molar-refractivity contribution in [1.29, 1.82) is 0 Å². The summed E-state index contributed by atoms with van der Waals surface area (Å²) in [7, 11) is 3.05. The summed E-state index contributed by atoms with van der Waals surface area (Å²) < 4.78 is 15.8. The van der Waals surface area contributed by atoms with Gasteiger partial charge in [0.05, 0.1) is 14.2 Å². The van der Waals surface area contributed by atoms with Crippen molar-refractivity contribution in [2.24, 2.45) is 0 Å². The van der Waals surface area contributed by atoms with Crippen LogP contribution in [0, 0.1) is 0 Å². The van der Waals surface area contributed by atoms with Crippen molar-refractivity contribution in [3.8, 4) is 11.5 Å². The first-order chi connectivity index (χ1) is 13.9. The number of ketones is 1. The van der Waals surface area contributed by atoms with Crippen molar-refractivity contribution in [1.82, 2.24) is 0 Å². The summed E-state index contributed by atoms with van der Waals surface area (Å²) in [5.74, 6) is 0.355. The zero-order valence-electron chi connectivity index (χ0n) is 17.3. The molecule has 2 aromatic carbocycles. The SMILES string of the molecule is C=C(C)C(=O)OCCNc1cc(OC)c(OC)cc1C(=O)c1ccc(CC)cc1. The van der Waals surface area contributed by atoms with Crippen LogP contribution >= 0.6 is 0 Å². The maximum atomic E-state index is 13.1. The second-order valence-electron chi connectivity index (χ2n) is 6.48. The zero-order valence-corrected chi connectivity index (χ0v) is 17.3. The molecule has 0 atom stereocenters. The van der Waals surface area contributed by atoms with E-state index < -0.39 is 5.97 Å². The fourth-order valence-electron chi connectivity index (χ4n) is 2.71. The Balaban J connectivity index is 2.28. The molecule has 0 unspecified atom stereocenters. The molecular weight excluding hydrogens is 370 g/mol. The number of aryl methyl sites for hydroxylation is 1. The summed E-state index contributed by atoms with van der Waals surface area (Å²) in [5.41, 5.74) is 3.08. The second-order valence-corrected chi connectivity index (χ2v) is 6.48. The standard InChI is InChI=1S/C23H27NO5/c1-6-16-7-9-17(10-8-16)22(25)18-13-20(27-4)21(28-5)14-19(18)24-11-12-29-23(26)15(2)3/h7-10,13-14,24H,2,6,11-12H2,1,3-5H3. The Kier molecular flexibility index (Phi) is 7.83. The van der Waals surface area contributed by atoms with Crippen LogP contribution in [0.1, 0.15) is 35.3 Å². The van der Waals surface area contributed by atoms with Crippen molar-refractivity contribution < 1.29 is 23.8 Å². The van der Waals surface area contributed by atoms with Crippen molar-refractivity contribution in [2.75, 3.05) is 32.7 Å². The number of hydrogen-bond donors (Lipinski definition) is 1. The second kappa shape index (κ2) is 10.3. The van der Waals surface area contributed by atoms with E-state index in [1.165, 1.54) is 14.2 Å². The normalized spacial score (nSPS) is 10.2. The van der Waals surface area contributed by atoms with Crippen LogP contribution in [-0.2, 0) is 16.0 Å².